The van der Waals surface area contributed by atoms with Crippen LogP contribution in [0.15, 0.2) is 57.8 Å². The second-order valence-electron chi connectivity index (χ2n) is 6.37. The molecule has 26 heavy (non-hydrogen) atoms. The molecule has 0 bridgehead atoms. The molecule has 0 atom stereocenters. The van der Waals surface area contributed by atoms with E-state index in [9.17, 15) is 4.79 Å². The molecule has 0 amide bonds. The molecule has 0 aliphatic heterocycles. The van der Waals surface area contributed by atoms with Crippen LogP contribution in [0.25, 0.3) is 22.4 Å². The first-order valence-electron chi connectivity index (χ1n) is 8.28. The Hall–Kier alpha value is -2.31. The van der Waals surface area contributed by atoms with Crippen LogP contribution >= 0.6 is 27.3 Å². The molecule has 130 valence electrons. The molecule has 0 N–H and O–H groups in total. The summed E-state index contributed by atoms with van der Waals surface area (Å²) >= 11 is 4.77. The molecule has 0 radical (unpaired) electrons. The first kappa shape index (κ1) is 17.1. The normalized spacial score (nSPS) is 12.4. The molecule has 2 aromatic carbocycles. The maximum Gasteiger partial charge on any atom is 0.291 e. The Morgan fingerprint density at radius 2 is 1.77 bits per heavy atom. The molecular weight excluding hydrogens is 410 g/mol. The van der Waals surface area contributed by atoms with Crippen LogP contribution in [-0.4, -0.2) is 14.6 Å². The molecule has 4 rings (SSSR count). The van der Waals surface area contributed by atoms with Gasteiger partial charge in [-0.05, 0) is 35.3 Å². The van der Waals surface area contributed by atoms with Crippen molar-refractivity contribution in [3.05, 3.63) is 79.0 Å². The quantitative estimate of drug-likeness (QED) is 0.492. The molecule has 2 heterocycles. The van der Waals surface area contributed by atoms with Crippen molar-refractivity contribution in [3.63, 3.8) is 0 Å². The predicted molar refractivity (Wildman–Crippen MR) is 110 cm³/mol. The van der Waals surface area contributed by atoms with E-state index in [1.54, 1.807) is 0 Å². The molecule has 4 nitrogen and oxygen atoms in total. The summed E-state index contributed by atoms with van der Waals surface area (Å²) in [6.45, 7) is 4.33. The lowest BCUT2D eigenvalue weighted by atomic mass is 10.0. The van der Waals surface area contributed by atoms with E-state index in [0.717, 1.165) is 15.6 Å². The minimum absolute atomic E-state index is 0.131. The highest BCUT2D eigenvalue weighted by molar-refractivity contribution is 9.10. The van der Waals surface area contributed by atoms with Gasteiger partial charge in [0, 0.05) is 10.0 Å². The Morgan fingerprint density at radius 3 is 2.38 bits per heavy atom. The van der Waals surface area contributed by atoms with E-state index in [2.05, 4.69) is 52.0 Å². The van der Waals surface area contributed by atoms with Gasteiger partial charge in [-0.1, -0.05) is 77.5 Å². The third-order valence-electron chi connectivity index (χ3n) is 4.19. The van der Waals surface area contributed by atoms with Crippen LogP contribution in [0.4, 0.5) is 0 Å². The predicted octanol–water partition coefficient (Wildman–Crippen LogP) is 4.25. The molecule has 0 aliphatic carbocycles. The molecule has 2 aromatic heterocycles. The summed E-state index contributed by atoms with van der Waals surface area (Å²) in [7, 11) is 0. The van der Waals surface area contributed by atoms with Crippen molar-refractivity contribution < 1.29 is 0 Å². The van der Waals surface area contributed by atoms with Crippen LogP contribution in [0, 0.1) is 0 Å². The number of aromatic nitrogens is 3. The summed E-state index contributed by atoms with van der Waals surface area (Å²) in [5.74, 6) is 1.05. The third-order valence-corrected chi connectivity index (χ3v) is 5.67. The van der Waals surface area contributed by atoms with Crippen LogP contribution in [0.3, 0.4) is 0 Å². The number of benzene rings is 2. The molecule has 0 spiro atoms. The lowest BCUT2D eigenvalue weighted by Crippen LogP contribution is -2.23. The maximum atomic E-state index is 12.6. The van der Waals surface area contributed by atoms with Gasteiger partial charge in [0.25, 0.3) is 5.56 Å². The summed E-state index contributed by atoms with van der Waals surface area (Å²) in [6.07, 6.45) is 1.90. The lowest BCUT2D eigenvalue weighted by Gasteiger charge is -2.04. The van der Waals surface area contributed by atoms with E-state index < -0.39 is 0 Å². The molecule has 0 saturated carbocycles. The lowest BCUT2D eigenvalue weighted by molar-refractivity contribution is 0.866. The Morgan fingerprint density at radius 1 is 1.08 bits per heavy atom. The van der Waals surface area contributed by atoms with Gasteiger partial charge in [-0.2, -0.15) is 9.50 Å². The molecule has 6 heteroatoms. The minimum atomic E-state index is -0.131. The SMILES string of the molecule is CC(C)c1ccc(/C=c2\sc3nc(-c4ccc(Br)cc4)nn3c2=O)cc1. The van der Waals surface area contributed by atoms with Crippen molar-refractivity contribution in [1.82, 2.24) is 14.6 Å². The molecule has 0 unspecified atom stereocenters. The fourth-order valence-electron chi connectivity index (χ4n) is 2.68. The van der Waals surface area contributed by atoms with Crippen LogP contribution in [0.2, 0.25) is 0 Å². The van der Waals surface area contributed by atoms with Crippen LogP contribution in [0.5, 0.6) is 0 Å². The zero-order chi connectivity index (χ0) is 18.3. The topological polar surface area (TPSA) is 47.3 Å². The van der Waals surface area contributed by atoms with Crippen molar-refractivity contribution in [2.75, 3.05) is 0 Å². The molecule has 0 fully saturated rings. The van der Waals surface area contributed by atoms with Crippen molar-refractivity contribution in [1.29, 1.82) is 0 Å². The average molecular weight is 426 g/mol. The van der Waals surface area contributed by atoms with Gasteiger partial charge >= 0.3 is 0 Å². The van der Waals surface area contributed by atoms with Gasteiger partial charge in [0.1, 0.15) is 0 Å². The van der Waals surface area contributed by atoms with Gasteiger partial charge in [-0.25, -0.2) is 0 Å². The zero-order valence-corrected chi connectivity index (χ0v) is 16.7. The number of rotatable bonds is 3. The molecular formula is C20H16BrN3OS. The Labute approximate surface area is 163 Å². The van der Waals surface area contributed by atoms with E-state index in [0.29, 0.717) is 21.2 Å². The third kappa shape index (κ3) is 3.22. The highest BCUT2D eigenvalue weighted by Gasteiger charge is 2.12. The van der Waals surface area contributed by atoms with Crippen LogP contribution in [0.1, 0.15) is 30.9 Å². The Kier molecular flexibility index (Phi) is 4.46. The largest absolute Gasteiger partial charge is 0.291 e. The fraction of sp³-hybridized carbons (Fsp3) is 0.150. The number of hydrogen-bond acceptors (Lipinski definition) is 4. The number of nitrogens with zero attached hydrogens (tertiary/aromatic N) is 3. The highest BCUT2D eigenvalue weighted by Crippen LogP contribution is 2.19. The summed E-state index contributed by atoms with van der Waals surface area (Å²) in [5, 5.41) is 4.38. The number of thiazole rings is 1. The zero-order valence-electron chi connectivity index (χ0n) is 14.3. The van der Waals surface area contributed by atoms with E-state index in [1.165, 1.54) is 21.4 Å². The van der Waals surface area contributed by atoms with Crippen molar-refractivity contribution >= 4 is 38.3 Å². The van der Waals surface area contributed by atoms with E-state index >= 15 is 0 Å². The van der Waals surface area contributed by atoms with Crippen molar-refractivity contribution in [2.45, 2.75) is 19.8 Å². The highest BCUT2D eigenvalue weighted by atomic mass is 79.9. The molecule has 4 aromatic rings. The summed E-state index contributed by atoms with van der Waals surface area (Å²) < 4.78 is 3.02. The Bertz CT molecular complexity index is 1170. The Balaban J connectivity index is 1.73. The van der Waals surface area contributed by atoms with Gasteiger partial charge in [0.05, 0.1) is 4.53 Å². The standard InChI is InChI=1S/C20H16BrN3OS/c1-12(2)14-5-3-13(4-6-14)11-17-19(25)24-20(26-17)22-18(23-24)15-7-9-16(21)10-8-15/h3-12H,1-2H3/b17-11-. The minimum Gasteiger partial charge on any atom is -0.266 e. The smallest absolute Gasteiger partial charge is 0.266 e. The first-order chi connectivity index (χ1) is 12.5. The van der Waals surface area contributed by atoms with E-state index in [4.69, 9.17) is 0 Å². The molecule has 0 aliphatic rings. The second kappa shape index (κ2) is 6.78. The van der Waals surface area contributed by atoms with Crippen molar-refractivity contribution in [3.8, 4) is 11.4 Å². The second-order valence-corrected chi connectivity index (χ2v) is 8.30. The number of hydrogen-bond donors (Lipinski definition) is 0. The maximum absolute atomic E-state index is 12.6. The molecule has 0 saturated heterocycles. The van der Waals surface area contributed by atoms with E-state index in [-0.39, 0.29) is 5.56 Å². The monoisotopic (exact) mass is 425 g/mol. The van der Waals surface area contributed by atoms with Crippen LogP contribution in [-0.2, 0) is 0 Å². The summed E-state index contributed by atoms with van der Waals surface area (Å²) in [4.78, 5) is 17.8. The average Bonchev–Trinajstić information content (AvgIpc) is 3.16. The van der Waals surface area contributed by atoms with Gasteiger partial charge < -0.3 is 0 Å². The van der Waals surface area contributed by atoms with Gasteiger partial charge in [-0.15, -0.1) is 5.10 Å². The van der Waals surface area contributed by atoms with Crippen molar-refractivity contribution in [2.24, 2.45) is 0 Å². The van der Waals surface area contributed by atoms with E-state index in [1.807, 2.05) is 42.5 Å². The number of fused-ring (bicyclic) bond motifs is 1. The van der Waals surface area contributed by atoms with Gasteiger partial charge in [-0.3, -0.25) is 4.79 Å². The van der Waals surface area contributed by atoms with Crippen LogP contribution < -0.4 is 10.1 Å². The number of halogens is 1. The summed E-state index contributed by atoms with van der Waals surface area (Å²) in [6, 6.07) is 16.0. The van der Waals surface area contributed by atoms with Gasteiger partial charge in [0.15, 0.2) is 5.82 Å². The summed E-state index contributed by atoms with van der Waals surface area (Å²) in [5.41, 5.74) is 3.04. The first-order valence-corrected chi connectivity index (χ1v) is 9.89. The van der Waals surface area contributed by atoms with Gasteiger partial charge in [0.2, 0.25) is 4.96 Å². The fourth-order valence-corrected chi connectivity index (χ4v) is 3.86.